The number of hydrogen-bond acceptors (Lipinski definition) is 3. The largest absolute Gasteiger partial charge is 0.411 e. The fourth-order valence-corrected chi connectivity index (χ4v) is 11.5. The molecule has 0 amide bonds. The smallest absolute Gasteiger partial charge is 0.261 e. The molecule has 0 bridgehead atoms. The Morgan fingerprint density at radius 3 is 2.09 bits per heavy atom. The summed E-state index contributed by atoms with van der Waals surface area (Å²) in [5, 5.41) is 16.2. The second kappa shape index (κ2) is 9.15. The van der Waals surface area contributed by atoms with Crippen molar-refractivity contribution in [2.45, 2.75) is 71.3 Å². The number of oxime groups is 1. The molecule has 2 saturated carbocycles. The van der Waals surface area contributed by atoms with Crippen molar-refractivity contribution >= 4 is 24.4 Å². The van der Waals surface area contributed by atoms with Crippen molar-refractivity contribution in [3.8, 4) is 0 Å². The van der Waals surface area contributed by atoms with Gasteiger partial charge in [0.1, 0.15) is 0 Å². The third-order valence-electron chi connectivity index (χ3n) is 8.25. The maximum absolute atomic E-state index is 9.72. The maximum atomic E-state index is 9.72. The van der Waals surface area contributed by atoms with Crippen LogP contribution in [0.2, 0.25) is 5.04 Å². The summed E-state index contributed by atoms with van der Waals surface area (Å²) in [6, 6.07) is 21.8. The molecule has 2 aliphatic rings. The maximum Gasteiger partial charge on any atom is 0.261 e. The topological polar surface area (TPSA) is 41.8 Å². The summed E-state index contributed by atoms with van der Waals surface area (Å²) in [5.74, 6) is 0.961. The fraction of sp³-hybridized carbons (Fsp3) is 0.536. The lowest BCUT2D eigenvalue weighted by Gasteiger charge is -2.44. The summed E-state index contributed by atoms with van der Waals surface area (Å²) in [5.41, 5.74) is 1.15. The zero-order valence-electron chi connectivity index (χ0n) is 20.2. The Bertz CT molecular complexity index is 878. The molecule has 172 valence electrons. The number of hydrogen-bond donors (Lipinski definition) is 1. The van der Waals surface area contributed by atoms with Crippen LogP contribution in [-0.2, 0) is 4.43 Å². The van der Waals surface area contributed by atoms with E-state index >= 15 is 0 Å². The molecule has 3 nitrogen and oxygen atoms in total. The van der Waals surface area contributed by atoms with Gasteiger partial charge in [-0.3, -0.25) is 0 Å². The van der Waals surface area contributed by atoms with Gasteiger partial charge < -0.3 is 9.63 Å². The molecule has 4 rings (SSSR count). The van der Waals surface area contributed by atoms with Crippen LogP contribution in [0.25, 0.3) is 0 Å². The highest BCUT2D eigenvalue weighted by Gasteiger charge is 2.53. The highest BCUT2D eigenvalue weighted by atomic mass is 28.4. The SMILES string of the molecule is C[C@@H](CO[Si](c1ccccc1)(c1ccccc1)C(C)(C)C)C1CCC[C@]12CCC/C2=N\O. The Balaban J connectivity index is 1.68. The molecular formula is C28H39NO2Si. The van der Waals surface area contributed by atoms with Crippen LogP contribution in [0.3, 0.4) is 0 Å². The lowest BCUT2D eigenvalue weighted by Crippen LogP contribution is -2.67. The predicted octanol–water partition coefficient (Wildman–Crippen LogP) is 6.00. The van der Waals surface area contributed by atoms with Crippen LogP contribution in [0.1, 0.15) is 66.2 Å². The Kier molecular flexibility index (Phi) is 6.65. The summed E-state index contributed by atoms with van der Waals surface area (Å²) in [7, 11) is -2.52. The average molecular weight is 450 g/mol. The van der Waals surface area contributed by atoms with Crippen LogP contribution in [-0.4, -0.2) is 25.8 Å². The molecule has 4 heteroatoms. The van der Waals surface area contributed by atoms with Gasteiger partial charge in [-0.15, -0.1) is 0 Å². The quantitative estimate of drug-likeness (QED) is 0.334. The first kappa shape index (κ1) is 23.3. The Labute approximate surface area is 195 Å². The van der Waals surface area contributed by atoms with Gasteiger partial charge in [-0.05, 0) is 59.4 Å². The normalized spacial score (nSPS) is 26.1. The van der Waals surface area contributed by atoms with E-state index in [9.17, 15) is 5.21 Å². The van der Waals surface area contributed by atoms with Crippen molar-refractivity contribution in [2.24, 2.45) is 22.4 Å². The van der Waals surface area contributed by atoms with Crippen LogP contribution < -0.4 is 10.4 Å². The van der Waals surface area contributed by atoms with Gasteiger partial charge >= 0.3 is 0 Å². The van der Waals surface area contributed by atoms with Crippen molar-refractivity contribution in [1.29, 1.82) is 0 Å². The predicted molar refractivity (Wildman–Crippen MR) is 136 cm³/mol. The molecule has 2 aromatic carbocycles. The summed E-state index contributed by atoms with van der Waals surface area (Å²) in [6.45, 7) is 10.1. The van der Waals surface area contributed by atoms with Crippen molar-refractivity contribution in [3.05, 3.63) is 60.7 Å². The van der Waals surface area contributed by atoms with E-state index in [1.165, 1.54) is 36.1 Å². The summed E-state index contributed by atoms with van der Waals surface area (Å²) in [4.78, 5) is 0. The van der Waals surface area contributed by atoms with Gasteiger partial charge in [-0.1, -0.05) is 99.9 Å². The minimum atomic E-state index is -2.52. The molecule has 3 atom stereocenters. The van der Waals surface area contributed by atoms with E-state index in [-0.39, 0.29) is 10.5 Å². The third kappa shape index (κ3) is 3.86. The highest BCUT2D eigenvalue weighted by Crippen LogP contribution is 2.55. The Hall–Kier alpha value is -1.91. The van der Waals surface area contributed by atoms with E-state index in [0.717, 1.165) is 25.2 Å². The molecule has 1 unspecified atom stereocenters. The average Bonchev–Trinajstić information content (AvgIpc) is 3.41. The van der Waals surface area contributed by atoms with Gasteiger partial charge in [0.15, 0.2) is 0 Å². The number of benzene rings is 2. The first-order valence-corrected chi connectivity index (χ1v) is 14.2. The van der Waals surface area contributed by atoms with Gasteiger partial charge in [0.05, 0.1) is 5.71 Å². The third-order valence-corrected chi connectivity index (χ3v) is 13.3. The Morgan fingerprint density at radius 2 is 1.56 bits per heavy atom. The molecule has 0 radical (unpaired) electrons. The summed E-state index contributed by atoms with van der Waals surface area (Å²) >= 11 is 0. The highest BCUT2D eigenvalue weighted by molar-refractivity contribution is 6.99. The van der Waals surface area contributed by atoms with Gasteiger partial charge in [0.2, 0.25) is 0 Å². The second-order valence-corrected chi connectivity index (χ2v) is 15.3. The van der Waals surface area contributed by atoms with Gasteiger partial charge in [-0.25, -0.2) is 0 Å². The van der Waals surface area contributed by atoms with Gasteiger partial charge in [-0.2, -0.15) is 0 Å². The van der Waals surface area contributed by atoms with Crippen molar-refractivity contribution in [3.63, 3.8) is 0 Å². The summed E-state index contributed by atoms with van der Waals surface area (Å²) < 4.78 is 7.25. The molecular weight excluding hydrogens is 410 g/mol. The van der Waals surface area contributed by atoms with E-state index in [1.807, 2.05) is 0 Å². The van der Waals surface area contributed by atoms with E-state index < -0.39 is 8.32 Å². The zero-order chi connectivity index (χ0) is 22.8. The number of nitrogens with zero attached hydrogens (tertiary/aromatic N) is 1. The lowest BCUT2D eigenvalue weighted by atomic mass is 9.70. The molecule has 1 N–H and O–H groups in total. The minimum absolute atomic E-state index is 0.00609. The monoisotopic (exact) mass is 449 g/mol. The van der Waals surface area contributed by atoms with Gasteiger partial charge in [0, 0.05) is 12.0 Å². The second-order valence-electron chi connectivity index (χ2n) is 11.0. The van der Waals surface area contributed by atoms with E-state index in [1.54, 1.807) is 0 Å². The van der Waals surface area contributed by atoms with Crippen molar-refractivity contribution < 1.29 is 9.63 Å². The van der Waals surface area contributed by atoms with Crippen molar-refractivity contribution in [1.82, 2.24) is 0 Å². The van der Waals surface area contributed by atoms with E-state index in [4.69, 9.17) is 4.43 Å². The molecule has 2 aromatic rings. The molecule has 1 spiro atoms. The lowest BCUT2D eigenvalue weighted by molar-refractivity contribution is 0.143. The van der Waals surface area contributed by atoms with E-state index in [0.29, 0.717) is 11.8 Å². The number of rotatable bonds is 6. The minimum Gasteiger partial charge on any atom is -0.411 e. The molecule has 2 aliphatic carbocycles. The Morgan fingerprint density at radius 1 is 1.00 bits per heavy atom. The van der Waals surface area contributed by atoms with Crippen LogP contribution in [0.5, 0.6) is 0 Å². The van der Waals surface area contributed by atoms with Crippen molar-refractivity contribution in [2.75, 3.05) is 6.61 Å². The fourth-order valence-electron chi connectivity index (χ4n) is 6.85. The molecule has 0 aromatic heterocycles. The van der Waals surface area contributed by atoms with Crippen LogP contribution in [0, 0.1) is 17.3 Å². The molecule has 0 heterocycles. The van der Waals surface area contributed by atoms with Crippen LogP contribution >= 0.6 is 0 Å². The zero-order valence-corrected chi connectivity index (χ0v) is 21.2. The van der Waals surface area contributed by atoms with E-state index in [2.05, 4.69) is 93.5 Å². The first-order valence-electron chi connectivity index (χ1n) is 12.3. The van der Waals surface area contributed by atoms with Crippen LogP contribution in [0.15, 0.2) is 65.8 Å². The van der Waals surface area contributed by atoms with Crippen LogP contribution in [0.4, 0.5) is 0 Å². The molecule has 32 heavy (non-hydrogen) atoms. The molecule has 0 saturated heterocycles. The molecule has 2 fully saturated rings. The first-order chi connectivity index (χ1) is 15.3. The van der Waals surface area contributed by atoms with Gasteiger partial charge in [0.25, 0.3) is 8.32 Å². The molecule has 0 aliphatic heterocycles. The standard InChI is InChI=1S/C28H39NO2Si/c1-22(25-17-11-19-28(25)20-12-18-26(28)29-30)21-31-32(27(2,3)4,23-13-7-5-8-14-23)24-15-9-6-10-16-24/h5-10,13-16,22,25,30H,11-12,17-21H2,1-4H3/b29-26+/t22-,25?,28-/m0/s1. The summed E-state index contributed by atoms with van der Waals surface area (Å²) in [6.07, 6.45) is 6.88.